The van der Waals surface area contributed by atoms with Gasteiger partial charge in [0.15, 0.2) is 0 Å². The molecule has 0 bridgehead atoms. The molecule has 112 valence electrons. The van der Waals surface area contributed by atoms with E-state index >= 15 is 0 Å². The molecule has 0 unspecified atom stereocenters. The first-order chi connectivity index (χ1) is 9.34. The number of likely N-dealkylation sites (tertiary alicyclic amines) is 1. The Hall–Kier alpha value is -0.960. The fourth-order valence-electron chi connectivity index (χ4n) is 2.51. The van der Waals surface area contributed by atoms with E-state index in [0.717, 1.165) is 30.6 Å². The van der Waals surface area contributed by atoms with Gasteiger partial charge in [0.1, 0.15) is 0 Å². The molecule has 4 N–H and O–H groups in total. The number of carbonyl (C=O) groups excluding carboxylic acids is 1. The highest BCUT2D eigenvalue weighted by molar-refractivity contribution is 7.89. The van der Waals surface area contributed by atoms with Crippen molar-refractivity contribution >= 4 is 27.3 Å². The topological polar surface area (TPSA) is 106 Å². The Morgan fingerprint density at radius 1 is 1.50 bits per heavy atom. The number of sulfonamides is 1. The Morgan fingerprint density at radius 3 is 2.75 bits per heavy atom. The summed E-state index contributed by atoms with van der Waals surface area (Å²) in [6, 6.07) is 1.41. The van der Waals surface area contributed by atoms with Gasteiger partial charge < -0.3 is 10.6 Å². The van der Waals surface area contributed by atoms with Crippen LogP contribution in [0.4, 0.5) is 0 Å². The average molecular weight is 317 g/mol. The van der Waals surface area contributed by atoms with Crippen molar-refractivity contribution in [3.05, 3.63) is 15.8 Å². The molecule has 6 nitrogen and oxygen atoms in total. The van der Waals surface area contributed by atoms with Gasteiger partial charge >= 0.3 is 0 Å². The zero-order valence-electron chi connectivity index (χ0n) is 11.3. The summed E-state index contributed by atoms with van der Waals surface area (Å²) in [6.45, 7) is 2.75. The Balaban J connectivity index is 2.29. The van der Waals surface area contributed by atoms with Crippen molar-refractivity contribution < 1.29 is 13.2 Å². The minimum atomic E-state index is -3.78. The summed E-state index contributed by atoms with van der Waals surface area (Å²) in [6.07, 6.45) is 2.92. The lowest BCUT2D eigenvalue weighted by Gasteiger charge is -2.34. The zero-order chi connectivity index (χ0) is 14.9. The molecule has 20 heavy (non-hydrogen) atoms. The van der Waals surface area contributed by atoms with Gasteiger partial charge in [0.25, 0.3) is 5.91 Å². The molecule has 2 heterocycles. The molecular weight excluding hydrogens is 298 g/mol. The molecule has 1 aliphatic rings. The third kappa shape index (κ3) is 3.03. The molecule has 0 radical (unpaired) electrons. The molecule has 1 fully saturated rings. The van der Waals surface area contributed by atoms with Gasteiger partial charge in [0, 0.05) is 24.0 Å². The second kappa shape index (κ2) is 5.80. The van der Waals surface area contributed by atoms with E-state index in [9.17, 15) is 13.2 Å². The van der Waals surface area contributed by atoms with Gasteiger partial charge in [-0.2, -0.15) is 0 Å². The van der Waals surface area contributed by atoms with Crippen molar-refractivity contribution in [1.29, 1.82) is 0 Å². The number of piperidine rings is 1. The van der Waals surface area contributed by atoms with Crippen molar-refractivity contribution in [2.24, 2.45) is 10.9 Å². The molecule has 1 aromatic rings. The lowest BCUT2D eigenvalue weighted by Crippen LogP contribution is -2.47. The number of amides is 1. The van der Waals surface area contributed by atoms with E-state index in [1.807, 2.05) is 0 Å². The second-order valence-electron chi connectivity index (χ2n) is 4.96. The van der Waals surface area contributed by atoms with E-state index in [4.69, 9.17) is 10.9 Å². The first-order valence-corrected chi connectivity index (χ1v) is 8.85. The van der Waals surface area contributed by atoms with Crippen LogP contribution in [0.2, 0.25) is 0 Å². The smallest absolute Gasteiger partial charge is 0.264 e. The van der Waals surface area contributed by atoms with Crippen LogP contribution in [0.25, 0.3) is 0 Å². The van der Waals surface area contributed by atoms with Crippen molar-refractivity contribution in [2.75, 3.05) is 13.1 Å². The number of hydrogen-bond acceptors (Lipinski definition) is 5. The van der Waals surface area contributed by atoms with Crippen molar-refractivity contribution in [3.63, 3.8) is 0 Å². The van der Waals surface area contributed by atoms with Crippen LogP contribution in [-0.4, -0.2) is 38.4 Å². The second-order valence-corrected chi connectivity index (χ2v) is 7.75. The highest BCUT2D eigenvalue weighted by Gasteiger charge is 2.28. The number of primary sulfonamides is 1. The molecule has 8 heteroatoms. The van der Waals surface area contributed by atoms with E-state index in [0.29, 0.717) is 22.8 Å². The fourth-order valence-corrected chi connectivity index (χ4v) is 4.61. The van der Waals surface area contributed by atoms with Crippen molar-refractivity contribution in [2.45, 2.75) is 37.1 Å². The highest BCUT2D eigenvalue weighted by atomic mass is 32.2. The molecule has 0 saturated carbocycles. The monoisotopic (exact) mass is 317 g/mol. The number of nitrogens with two attached hydrogens (primary N) is 2. The standard InChI is InChI=1S/C12H19N3O3S2/c1-8-11(20(14,17)18)6-10(19-8)12(16)15-5-3-2-4-9(15)7-13/h6,9H,2-5,7,13H2,1H3,(H2,14,17,18)/t9-/m1/s1. The van der Waals surface area contributed by atoms with Crippen LogP contribution in [0.15, 0.2) is 11.0 Å². The summed E-state index contributed by atoms with van der Waals surface area (Å²) in [5, 5.41) is 5.14. The van der Waals surface area contributed by atoms with Gasteiger partial charge in [-0.05, 0) is 32.3 Å². The van der Waals surface area contributed by atoms with Crippen LogP contribution >= 0.6 is 11.3 Å². The molecule has 1 atom stereocenters. The Morgan fingerprint density at radius 2 is 2.20 bits per heavy atom. The molecular formula is C12H19N3O3S2. The summed E-state index contributed by atoms with van der Waals surface area (Å²) in [5.74, 6) is -0.150. The molecule has 1 aromatic heterocycles. The summed E-state index contributed by atoms with van der Waals surface area (Å²) in [5.41, 5.74) is 5.71. The summed E-state index contributed by atoms with van der Waals surface area (Å²) in [4.78, 5) is 15.2. The first-order valence-electron chi connectivity index (χ1n) is 6.49. The zero-order valence-corrected chi connectivity index (χ0v) is 13.0. The van der Waals surface area contributed by atoms with E-state index < -0.39 is 10.0 Å². The normalized spacial score (nSPS) is 20.1. The average Bonchev–Trinajstić information content (AvgIpc) is 2.80. The third-order valence-electron chi connectivity index (χ3n) is 3.55. The lowest BCUT2D eigenvalue weighted by molar-refractivity contribution is 0.0628. The molecule has 0 aliphatic carbocycles. The minimum absolute atomic E-state index is 0.0344. The van der Waals surface area contributed by atoms with Crippen molar-refractivity contribution in [1.82, 2.24) is 4.90 Å². The van der Waals surface area contributed by atoms with Crippen LogP contribution < -0.4 is 10.9 Å². The van der Waals surface area contributed by atoms with Crippen LogP contribution in [0.3, 0.4) is 0 Å². The van der Waals surface area contributed by atoms with Crippen LogP contribution in [-0.2, 0) is 10.0 Å². The number of rotatable bonds is 3. The maximum atomic E-state index is 12.5. The van der Waals surface area contributed by atoms with Gasteiger partial charge in [-0.1, -0.05) is 0 Å². The van der Waals surface area contributed by atoms with E-state index in [1.165, 1.54) is 6.07 Å². The summed E-state index contributed by atoms with van der Waals surface area (Å²) >= 11 is 1.16. The number of hydrogen-bond donors (Lipinski definition) is 2. The molecule has 2 rings (SSSR count). The van der Waals surface area contributed by atoms with Crippen LogP contribution in [0.5, 0.6) is 0 Å². The summed E-state index contributed by atoms with van der Waals surface area (Å²) < 4.78 is 22.9. The number of carbonyl (C=O) groups is 1. The van der Waals surface area contributed by atoms with Crippen LogP contribution in [0, 0.1) is 6.92 Å². The minimum Gasteiger partial charge on any atom is -0.334 e. The number of aryl methyl sites for hydroxylation is 1. The lowest BCUT2D eigenvalue weighted by atomic mass is 10.0. The van der Waals surface area contributed by atoms with Crippen molar-refractivity contribution in [3.8, 4) is 0 Å². The highest BCUT2D eigenvalue weighted by Crippen LogP contribution is 2.28. The summed E-state index contributed by atoms with van der Waals surface area (Å²) in [7, 11) is -3.78. The Bertz CT molecular complexity index is 609. The first kappa shape index (κ1) is 15.4. The molecule has 1 amide bonds. The van der Waals surface area contributed by atoms with E-state index in [-0.39, 0.29) is 16.8 Å². The van der Waals surface area contributed by atoms with Gasteiger partial charge in [0.05, 0.1) is 9.77 Å². The largest absolute Gasteiger partial charge is 0.334 e. The predicted molar refractivity (Wildman–Crippen MR) is 78.2 cm³/mol. The maximum Gasteiger partial charge on any atom is 0.264 e. The quantitative estimate of drug-likeness (QED) is 0.854. The SMILES string of the molecule is Cc1sc(C(=O)N2CCCC[C@@H]2CN)cc1S(N)(=O)=O. The molecule has 1 aliphatic heterocycles. The number of thiophene rings is 1. The van der Waals surface area contributed by atoms with Gasteiger partial charge in [0.2, 0.25) is 10.0 Å². The van der Waals surface area contributed by atoms with E-state index in [2.05, 4.69) is 0 Å². The number of nitrogens with zero attached hydrogens (tertiary/aromatic N) is 1. The maximum absolute atomic E-state index is 12.5. The Labute approximate surface area is 122 Å². The van der Waals surface area contributed by atoms with Crippen LogP contribution in [0.1, 0.15) is 33.8 Å². The molecule has 0 aromatic carbocycles. The third-order valence-corrected chi connectivity index (χ3v) is 5.75. The predicted octanol–water partition coefficient (Wildman–Crippen LogP) is 0.657. The molecule has 1 saturated heterocycles. The van der Waals surface area contributed by atoms with Gasteiger partial charge in [-0.15, -0.1) is 11.3 Å². The van der Waals surface area contributed by atoms with E-state index in [1.54, 1.807) is 11.8 Å². The van der Waals surface area contributed by atoms with Gasteiger partial charge in [-0.25, -0.2) is 13.6 Å². The Kier molecular flexibility index (Phi) is 4.48. The fraction of sp³-hybridized carbons (Fsp3) is 0.583. The molecule has 0 spiro atoms. The van der Waals surface area contributed by atoms with Gasteiger partial charge in [-0.3, -0.25) is 4.79 Å².